The fourth-order valence-corrected chi connectivity index (χ4v) is 3.22. The molecule has 0 aliphatic heterocycles. The van der Waals surface area contributed by atoms with E-state index in [9.17, 15) is 4.79 Å². The molecule has 0 unspecified atom stereocenters. The summed E-state index contributed by atoms with van der Waals surface area (Å²) in [5, 5.41) is 2.11. The molecule has 0 fully saturated rings. The lowest BCUT2D eigenvalue weighted by Gasteiger charge is -2.30. The van der Waals surface area contributed by atoms with Crippen molar-refractivity contribution in [3.05, 3.63) is 48.0 Å². The van der Waals surface area contributed by atoms with E-state index in [1.54, 1.807) is 14.0 Å². The zero-order valence-electron chi connectivity index (χ0n) is 15.9. The zero-order chi connectivity index (χ0) is 18.3. The molecule has 2 atom stereocenters. The Labute approximate surface area is 151 Å². The third-order valence-corrected chi connectivity index (χ3v) is 4.87. The highest BCUT2D eigenvalue weighted by atomic mass is 16.6. The number of carbonyl (C=O) groups is 1. The lowest BCUT2D eigenvalue weighted by atomic mass is 9.90. The Morgan fingerprint density at radius 1 is 1.04 bits per heavy atom. The van der Waals surface area contributed by atoms with E-state index in [1.807, 2.05) is 42.5 Å². The Hall–Kier alpha value is -1.87. The third-order valence-electron chi connectivity index (χ3n) is 4.87. The van der Waals surface area contributed by atoms with Gasteiger partial charge >= 0.3 is 5.97 Å². The predicted molar refractivity (Wildman–Crippen MR) is 103 cm³/mol. The molecule has 0 radical (unpaired) electrons. The average Bonchev–Trinajstić information content (AvgIpc) is 2.65. The van der Waals surface area contributed by atoms with Crippen LogP contribution < -0.4 is 0 Å². The zero-order valence-corrected chi connectivity index (χ0v) is 15.9. The fourth-order valence-electron chi connectivity index (χ4n) is 3.22. The molecule has 0 saturated carbocycles. The number of carbonyl (C=O) groups excluding carboxylic acids is 1. The van der Waals surface area contributed by atoms with Gasteiger partial charge in [-0.1, -0.05) is 75.6 Å². The van der Waals surface area contributed by atoms with Crippen molar-refractivity contribution in [3.8, 4) is 0 Å². The summed E-state index contributed by atoms with van der Waals surface area (Å²) in [7, 11) is 1.57. The molecule has 0 N–H and O–H groups in total. The summed E-state index contributed by atoms with van der Waals surface area (Å²) in [5.74, 6) is -0.305. The van der Waals surface area contributed by atoms with Gasteiger partial charge in [0.15, 0.2) is 5.60 Å². The molecule has 0 aliphatic rings. The highest BCUT2D eigenvalue weighted by molar-refractivity contribution is 5.92. The molecule has 0 saturated heterocycles. The van der Waals surface area contributed by atoms with Gasteiger partial charge < -0.3 is 9.47 Å². The number of ether oxygens (including phenoxy) is 2. The summed E-state index contributed by atoms with van der Waals surface area (Å²) >= 11 is 0. The maximum absolute atomic E-state index is 13.0. The first kappa shape index (κ1) is 19.5. The second kappa shape index (κ2) is 9.00. The van der Waals surface area contributed by atoms with Gasteiger partial charge in [0.05, 0.1) is 0 Å². The maximum Gasteiger partial charge on any atom is 0.343 e. The van der Waals surface area contributed by atoms with Gasteiger partial charge in [-0.2, -0.15) is 0 Å². The lowest BCUT2D eigenvalue weighted by Crippen LogP contribution is -2.38. The van der Waals surface area contributed by atoms with Crippen LogP contribution in [0.1, 0.15) is 58.4 Å². The van der Waals surface area contributed by atoms with Crippen LogP contribution in [-0.4, -0.2) is 19.2 Å². The third kappa shape index (κ3) is 4.40. The summed E-state index contributed by atoms with van der Waals surface area (Å²) in [5.41, 5.74) is -0.261. The lowest BCUT2D eigenvalue weighted by molar-refractivity contribution is -0.174. The molecule has 3 heteroatoms. The second-order valence-corrected chi connectivity index (χ2v) is 6.72. The largest absolute Gasteiger partial charge is 0.460 e. The average molecular weight is 342 g/mol. The van der Waals surface area contributed by atoms with E-state index in [0.717, 1.165) is 48.4 Å². The molecule has 25 heavy (non-hydrogen) atoms. The molecule has 3 nitrogen and oxygen atoms in total. The standard InChI is InChI=1S/C22H30O3/c1-5-7-14-18(11-6-2)25-21(23)22(3,24-4)20-16-10-13-17-12-8-9-15-19(17)20/h8-10,12-13,15-16,18H,5-7,11,14H2,1-4H3/t18-,22-/m0/s1. The Morgan fingerprint density at radius 3 is 2.44 bits per heavy atom. The first-order valence-corrected chi connectivity index (χ1v) is 9.31. The Morgan fingerprint density at radius 2 is 1.76 bits per heavy atom. The van der Waals surface area contributed by atoms with Gasteiger partial charge in [0, 0.05) is 12.7 Å². The van der Waals surface area contributed by atoms with E-state index in [-0.39, 0.29) is 12.1 Å². The van der Waals surface area contributed by atoms with Crippen molar-refractivity contribution in [3.63, 3.8) is 0 Å². The second-order valence-electron chi connectivity index (χ2n) is 6.72. The molecular formula is C22H30O3. The summed E-state index contributed by atoms with van der Waals surface area (Å²) in [6, 6.07) is 14.0. The molecule has 0 aliphatic carbocycles. The first-order chi connectivity index (χ1) is 12.1. The minimum absolute atomic E-state index is 0.0399. The number of fused-ring (bicyclic) bond motifs is 1. The predicted octanol–water partition coefficient (Wildman–Crippen LogP) is 5.60. The van der Waals surface area contributed by atoms with Gasteiger partial charge in [-0.15, -0.1) is 0 Å². The van der Waals surface area contributed by atoms with Crippen LogP contribution in [0.4, 0.5) is 0 Å². The highest BCUT2D eigenvalue weighted by Gasteiger charge is 2.39. The minimum Gasteiger partial charge on any atom is -0.460 e. The van der Waals surface area contributed by atoms with Crippen molar-refractivity contribution < 1.29 is 14.3 Å². The van der Waals surface area contributed by atoms with Crippen LogP contribution in [-0.2, 0) is 19.9 Å². The molecule has 136 valence electrons. The molecule has 0 spiro atoms. The number of unbranched alkanes of at least 4 members (excludes halogenated alkanes) is 1. The van der Waals surface area contributed by atoms with Crippen LogP contribution in [0.25, 0.3) is 10.8 Å². The van der Waals surface area contributed by atoms with Crippen LogP contribution in [0.3, 0.4) is 0 Å². The van der Waals surface area contributed by atoms with Crippen LogP contribution >= 0.6 is 0 Å². The van der Waals surface area contributed by atoms with Gasteiger partial charge in [-0.3, -0.25) is 0 Å². The van der Waals surface area contributed by atoms with Crippen LogP contribution in [0.15, 0.2) is 42.5 Å². The van der Waals surface area contributed by atoms with Gasteiger partial charge in [-0.25, -0.2) is 4.79 Å². The smallest absolute Gasteiger partial charge is 0.343 e. The summed E-state index contributed by atoms with van der Waals surface area (Å²) in [6.45, 7) is 6.08. The molecule has 2 aromatic carbocycles. The van der Waals surface area contributed by atoms with Gasteiger partial charge in [0.2, 0.25) is 0 Å². The fraction of sp³-hybridized carbons (Fsp3) is 0.500. The summed E-state index contributed by atoms with van der Waals surface area (Å²) in [4.78, 5) is 13.0. The molecule has 0 bridgehead atoms. The quantitative estimate of drug-likeness (QED) is 0.556. The molecular weight excluding hydrogens is 312 g/mol. The summed E-state index contributed by atoms with van der Waals surface area (Å²) in [6.07, 6.45) is 4.92. The number of benzene rings is 2. The van der Waals surface area contributed by atoms with Crippen molar-refractivity contribution >= 4 is 16.7 Å². The van der Waals surface area contributed by atoms with Gasteiger partial charge in [0.25, 0.3) is 0 Å². The van der Waals surface area contributed by atoms with Crippen LogP contribution in [0.2, 0.25) is 0 Å². The number of hydrogen-bond acceptors (Lipinski definition) is 3. The number of esters is 1. The van der Waals surface area contributed by atoms with Crippen molar-refractivity contribution in [1.82, 2.24) is 0 Å². The number of rotatable bonds is 9. The van der Waals surface area contributed by atoms with Crippen molar-refractivity contribution in [1.29, 1.82) is 0 Å². The summed E-state index contributed by atoms with van der Waals surface area (Å²) < 4.78 is 11.6. The van der Waals surface area contributed by atoms with E-state index < -0.39 is 5.60 Å². The van der Waals surface area contributed by atoms with E-state index >= 15 is 0 Å². The van der Waals surface area contributed by atoms with Crippen molar-refractivity contribution in [2.24, 2.45) is 0 Å². The van der Waals surface area contributed by atoms with E-state index in [2.05, 4.69) is 13.8 Å². The van der Waals surface area contributed by atoms with E-state index in [4.69, 9.17) is 9.47 Å². The van der Waals surface area contributed by atoms with Crippen LogP contribution in [0, 0.1) is 0 Å². The van der Waals surface area contributed by atoms with Crippen molar-refractivity contribution in [2.75, 3.05) is 7.11 Å². The van der Waals surface area contributed by atoms with E-state index in [0.29, 0.717) is 0 Å². The number of hydrogen-bond donors (Lipinski definition) is 0. The minimum atomic E-state index is -1.11. The molecule has 2 rings (SSSR count). The van der Waals surface area contributed by atoms with Gasteiger partial charge in [0.1, 0.15) is 6.10 Å². The maximum atomic E-state index is 13.0. The van der Waals surface area contributed by atoms with Crippen molar-refractivity contribution in [2.45, 2.75) is 64.6 Å². The Balaban J connectivity index is 2.32. The SMILES string of the molecule is CCCC[C@H](CCC)OC(=O)[C@@](C)(OC)c1cccc2ccccc12. The van der Waals surface area contributed by atoms with Gasteiger partial charge in [-0.05, 0) is 30.5 Å². The Kier molecular flexibility index (Phi) is 7.01. The monoisotopic (exact) mass is 342 g/mol. The molecule has 0 amide bonds. The van der Waals surface area contributed by atoms with Crippen LogP contribution in [0.5, 0.6) is 0 Å². The highest BCUT2D eigenvalue weighted by Crippen LogP contribution is 2.33. The normalized spacial score (nSPS) is 14.9. The Bertz CT molecular complexity index is 689. The molecule has 2 aromatic rings. The molecule has 0 heterocycles. The number of methoxy groups -OCH3 is 1. The van der Waals surface area contributed by atoms with E-state index in [1.165, 1.54) is 0 Å². The first-order valence-electron chi connectivity index (χ1n) is 9.31. The molecule has 0 aromatic heterocycles. The topological polar surface area (TPSA) is 35.5 Å².